The second-order valence-electron chi connectivity index (χ2n) is 3.47. The van der Waals surface area contributed by atoms with E-state index in [0.717, 1.165) is 6.07 Å². The van der Waals surface area contributed by atoms with Crippen molar-refractivity contribution in [3.8, 4) is 0 Å². The summed E-state index contributed by atoms with van der Waals surface area (Å²) in [6.45, 7) is 0. The maximum Gasteiger partial charge on any atom is 0.139 e. The normalized spacial score (nSPS) is 12.6. The van der Waals surface area contributed by atoms with Gasteiger partial charge in [-0.15, -0.1) is 0 Å². The summed E-state index contributed by atoms with van der Waals surface area (Å²) in [5, 5.41) is 3.88. The summed E-state index contributed by atoms with van der Waals surface area (Å²) in [5.41, 5.74) is 5.80. The van der Waals surface area contributed by atoms with Gasteiger partial charge in [0.25, 0.3) is 0 Å². The standard InChI is InChI=1S/C10H11FN4OS/c1-15-10(13-6-14-15)5-17(16)9-3-2-7(11)4-8(9)12/h2-4,6H,5,12H2,1H3. The van der Waals surface area contributed by atoms with Gasteiger partial charge in [0, 0.05) is 7.05 Å². The third-order valence-electron chi connectivity index (χ3n) is 2.28. The van der Waals surface area contributed by atoms with E-state index in [9.17, 15) is 8.60 Å². The molecule has 1 aromatic carbocycles. The summed E-state index contributed by atoms with van der Waals surface area (Å²) >= 11 is 0. The highest BCUT2D eigenvalue weighted by atomic mass is 32.2. The molecule has 90 valence electrons. The average molecular weight is 254 g/mol. The lowest BCUT2D eigenvalue weighted by Gasteiger charge is -2.05. The van der Waals surface area contributed by atoms with Crippen molar-refractivity contribution in [3.05, 3.63) is 36.2 Å². The first kappa shape index (κ1) is 11.7. The van der Waals surface area contributed by atoms with Crippen LogP contribution in [0.15, 0.2) is 29.4 Å². The van der Waals surface area contributed by atoms with Crippen LogP contribution in [0.1, 0.15) is 5.82 Å². The zero-order valence-electron chi connectivity index (χ0n) is 9.13. The maximum atomic E-state index is 12.8. The molecule has 0 saturated heterocycles. The third-order valence-corrected chi connectivity index (χ3v) is 3.67. The lowest BCUT2D eigenvalue weighted by molar-refractivity contribution is 0.627. The molecule has 0 bridgehead atoms. The Hall–Kier alpha value is -1.76. The first-order chi connectivity index (χ1) is 8.08. The van der Waals surface area contributed by atoms with Crippen molar-refractivity contribution in [3.63, 3.8) is 0 Å². The summed E-state index contributed by atoms with van der Waals surface area (Å²) in [6, 6.07) is 3.82. The van der Waals surface area contributed by atoms with Gasteiger partial charge in [-0.3, -0.25) is 8.89 Å². The van der Waals surface area contributed by atoms with Crippen molar-refractivity contribution in [1.29, 1.82) is 0 Å². The van der Waals surface area contributed by atoms with Crippen molar-refractivity contribution in [2.24, 2.45) is 7.05 Å². The van der Waals surface area contributed by atoms with Crippen molar-refractivity contribution >= 4 is 16.5 Å². The predicted molar refractivity (Wildman–Crippen MR) is 61.9 cm³/mol. The molecule has 1 heterocycles. The molecular weight excluding hydrogens is 243 g/mol. The molecule has 2 aromatic rings. The SMILES string of the molecule is Cn1ncnc1CS(=O)c1ccc(F)cc1N. The quantitative estimate of drug-likeness (QED) is 0.824. The Kier molecular flexibility index (Phi) is 3.19. The minimum Gasteiger partial charge on any atom is -0.398 e. The Morgan fingerprint density at radius 1 is 1.53 bits per heavy atom. The Morgan fingerprint density at radius 3 is 2.88 bits per heavy atom. The number of benzene rings is 1. The Morgan fingerprint density at radius 2 is 2.29 bits per heavy atom. The molecule has 0 aliphatic rings. The number of halogens is 1. The fourth-order valence-corrected chi connectivity index (χ4v) is 2.57. The van der Waals surface area contributed by atoms with Crippen LogP contribution in [-0.4, -0.2) is 19.0 Å². The van der Waals surface area contributed by atoms with Crippen LogP contribution < -0.4 is 5.73 Å². The summed E-state index contributed by atoms with van der Waals surface area (Å²) in [6.07, 6.45) is 1.39. The van der Waals surface area contributed by atoms with Crippen molar-refractivity contribution < 1.29 is 8.60 Å². The number of hydrogen-bond acceptors (Lipinski definition) is 4. The lowest BCUT2D eigenvalue weighted by atomic mass is 10.3. The maximum absolute atomic E-state index is 12.8. The zero-order chi connectivity index (χ0) is 12.4. The van der Waals surface area contributed by atoms with E-state index in [-0.39, 0.29) is 11.4 Å². The van der Waals surface area contributed by atoms with E-state index >= 15 is 0 Å². The van der Waals surface area contributed by atoms with Gasteiger partial charge in [0.15, 0.2) is 0 Å². The van der Waals surface area contributed by atoms with E-state index in [0.29, 0.717) is 10.7 Å². The minimum atomic E-state index is -1.36. The Labute approximate surface area is 99.9 Å². The van der Waals surface area contributed by atoms with Crippen molar-refractivity contribution in [2.75, 3.05) is 5.73 Å². The monoisotopic (exact) mass is 254 g/mol. The molecule has 0 amide bonds. The van der Waals surface area contributed by atoms with Crippen LogP contribution in [-0.2, 0) is 23.6 Å². The molecule has 2 N–H and O–H groups in total. The van der Waals surface area contributed by atoms with Crippen LogP contribution >= 0.6 is 0 Å². The van der Waals surface area contributed by atoms with E-state index in [1.807, 2.05) is 0 Å². The number of rotatable bonds is 3. The number of aromatic nitrogens is 3. The molecule has 5 nitrogen and oxygen atoms in total. The topological polar surface area (TPSA) is 73.8 Å². The first-order valence-corrected chi connectivity index (χ1v) is 6.16. The highest BCUT2D eigenvalue weighted by Gasteiger charge is 2.12. The van der Waals surface area contributed by atoms with Crippen LogP contribution in [0.4, 0.5) is 10.1 Å². The number of nitrogen functional groups attached to an aromatic ring is 1. The minimum absolute atomic E-state index is 0.186. The molecule has 0 aliphatic carbocycles. The number of nitrogens with two attached hydrogens (primary N) is 1. The smallest absolute Gasteiger partial charge is 0.139 e. The molecule has 0 aliphatic heterocycles. The molecule has 0 radical (unpaired) electrons. The number of nitrogens with zero attached hydrogens (tertiary/aromatic N) is 3. The molecular formula is C10H11FN4OS. The highest BCUT2D eigenvalue weighted by Crippen LogP contribution is 2.19. The molecule has 7 heteroatoms. The van der Waals surface area contributed by atoms with Gasteiger partial charge < -0.3 is 5.73 Å². The summed E-state index contributed by atoms with van der Waals surface area (Å²) in [4.78, 5) is 4.38. The van der Waals surface area contributed by atoms with E-state index < -0.39 is 16.6 Å². The summed E-state index contributed by atoms with van der Waals surface area (Å²) in [5.74, 6) is 0.348. The zero-order valence-corrected chi connectivity index (χ0v) is 9.95. The predicted octanol–water partition coefficient (Wildman–Crippen LogP) is 0.844. The Bertz CT molecular complexity index is 569. The lowest BCUT2D eigenvalue weighted by Crippen LogP contribution is -2.06. The molecule has 1 atom stereocenters. The molecule has 17 heavy (non-hydrogen) atoms. The molecule has 0 spiro atoms. The van der Waals surface area contributed by atoms with Gasteiger partial charge >= 0.3 is 0 Å². The van der Waals surface area contributed by atoms with Gasteiger partial charge in [-0.1, -0.05) is 0 Å². The van der Waals surface area contributed by atoms with Crippen LogP contribution in [0.3, 0.4) is 0 Å². The van der Waals surface area contributed by atoms with Crippen LogP contribution in [0.2, 0.25) is 0 Å². The van der Waals surface area contributed by atoms with Gasteiger partial charge in [-0.2, -0.15) is 5.10 Å². The Balaban J connectivity index is 2.23. The fraction of sp³-hybridized carbons (Fsp3) is 0.200. The van der Waals surface area contributed by atoms with E-state index in [4.69, 9.17) is 5.73 Å². The second-order valence-corrected chi connectivity index (χ2v) is 4.89. The van der Waals surface area contributed by atoms with E-state index in [1.165, 1.54) is 23.1 Å². The van der Waals surface area contributed by atoms with Gasteiger partial charge in [0.2, 0.25) is 0 Å². The first-order valence-electron chi connectivity index (χ1n) is 4.84. The van der Waals surface area contributed by atoms with Crippen LogP contribution in [0.25, 0.3) is 0 Å². The summed E-state index contributed by atoms with van der Waals surface area (Å²) in [7, 11) is 0.358. The fourth-order valence-electron chi connectivity index (χ4n) is 1.37. The second kappa shape index (κ2) is 4.62. The number of anilines is 1. The molecule has 1 aromatic heterocycles. The van der Waals surface area contributed by atoms with Gasteiger partial charge in [0.05, 0.1) is 27.1 Å². The largest absolute Gasteiger partial charge is 0.398 e. The molecule has 2 rings (SSSR count). The van der Waals surface area contributed by atoms with Crippen LogP contribution in [0, 0.1) is 5.82 Å². The van der Waals surface area contributed by atoms with E-state index in [2.05, 4.69) is 10.1 Å². The number of hydrogen-bond donors (Lipinski definition) is 1. The number of aryl methyl sites for hydroxylation is 1. The molecule has 0 saturated carbocycles. The van der Waals surface area contributed by atoms with Gasteiger partial charge in [0.1, 0.15) is 18.0 Å². The molecule has 0 fully saturated rings. The third kappa shape index (κ3) is 2.50. The van der Waals surface area contributed by atoms with Gasteiger partial charge in [-0.05, 0) is 18.2 Å². The highest BCUT2D eigenvalue weighted by molar-refractivity contribution is 7.84. The van der Waals surface area contributed by atoms with Crippen molar-refractivity contribution in [1.82, 2.24) is 14.8 Å². The summed E-state index contributed by atoms with van der Waals surface area (Å²) < 4.78 is 26.4. The average Bonchev–Trinajstić information content (AvgIpc) is 2.64. The van der Waals surface area contributed by atoms with Crippen LogP contribution in [0.5, 0.6) is 0 Å². The van der Waals surface area contributed by atoms with E-state index in [1.54, 1.807) is 7.05 Å². The molecule has 1 unspecified atom stereocenters. The van der Waals surface area contributed by atoms with Gasteiger partial charge in [-0.25, -0.2) is 9.37 Å². The van der Waals surface area contributed by atoms with Crippen molar-refractivity contribution in [2.45, 2.75) is 10.6 Å².